The Morgan fingerprint density at radius 1 is 1.37 bits per heavy atom. The third kappa shape index (κ3) is 4.58. The molecule has 0 fully saturated rings. The molecule has 0 saturated carbocycles. The van der Waals surface area contributed by atoms with Gasteiger partial charge in [0.25, 0.3) is 0 Å². The first-order valence-corrected chi connectivity index (χ1v) is 7.21. The Kier molecular flexibility index (Phi) is 6.40. The molecule has 0 aromatic heterocycles. The molecule has 19 heavy (non-hydrogen) atoms. The SMILES string of the molecule is CCCCC(CC)C(=O)NCc1cccc(N)c1C. The van der Waals surface area contributed by atoms with Crippen molar-refractivity contribution < 1.29 is 4.79 Å². The van der Waals surface area contributed by atoms with Crippen LogP contribution in [0.25, 0.3) is 0 Å². The molecule has 3 heteroatoms. The number of hydrogen-bond donors (Lipinski definition) is 2. The summed E-state index contributed by atoms with van der Waals surface area (Å²) in [5, 5.41) is 3.03. The molecule has 3 nitrogen and oxygen atoms in total. The lowest BCUT2D eigenvalue weighted by Gasteiger charge is -2.15. The van der Waals surface area contributed by atoms with Gasteiger partial charge in [-0.3, -0.25) is 4.79 Å². The van der Waals surface area contributed by atoms with Gasteiger partial charge < -0.3 is 11.1 Å². The summed E-state index contributed by atoms with van der Waals surface area (Å²) in [7, 11) is 0. The number of anilines is 1. The highest BCUT2D eigenvalue weighted by Gasteiger charge is 2.15. The van der Waals surface area contributed by atoms with Gasteiger partial charge >= 0.3 is 0 Å². The summed E-state index contributed by atoms with van der Waals surface area (Å²) in [5.74, 6) is 0.305. The smallest absolute Gasteiger partial charge is 0.223 e. The third-order valence-corrected chi connectivity index (χ3v) is 3.71. The van der Waals surface area contributed by atoms with E-state index in [2.05, 4.69) is 19.2 Å². The number of unbranched alkanes of at least 4 members (excludes halogenated alkanes) is 1. The Balaban J connectivity index is 2.55. The predicted molar refractivity (Wildman–Crippen MR) is 80.7 cm³/mol. The molecule has 3 N–H and O–H groups in total. The molecule has 0 spiro atoms. The summed E-state index contributed by atoms with van der Waals surface area (Å²) >= 11 is 0. The van der Waals surface area contributed by atoms with E-state index in [1.165, 1.54) is 0 Å². The lowest BCUT2D eigenvalue weighted by atomic mass is 9.98. The number of nitrogen functional groups attached to an aromatic ring is 1. The fraction of sp³-hybridized carbons (Fsp3) is 0.562. The van der Waals surface area contributed by atoms with Crippen LogP contribution in [0.4, 0.5) is 5.69 Å². The van der Waals surface area contributed by atoms with Crippen LogP contribution in [-0.4, -0.2) is 5.91 Å². The summed E-state index contributed by atoms with van der Waals surface area (Å²) in [6.45, 7) is 6.79. The van der Waals surface area contributed by atoms with Crippen LogP contribution in [0.15, 0.2) is 18.2 Å². The molecule has 0 bridgehead atoms. The second kappa shape index (κ2) is 7.82. The summed E-state index contributed by atoms with van der Waals surface area (Å²) < 4.78 is 0. The predicted octanol–water partition coefficient (Wildman–Crippen LogP) is 3.41. The van der Waals surface area contributed by atoms with Crippen LogP contribution in [0.1, 0.15) is 50.7 Å². The molecular formula is C16H26N2O. The highest BCUT2D eigenvalue weighted by atomic mass is 16.1. The van der Waals surface area contributed by atoms with E-state index in [4.69, 9.17) is 5.73 Å². The van der Waals surface area contributed by atoms with Crippen molar-refractivity contribution in [1.82, 2.24) is 5.32 Å². The summed E-state index contributed by atoms with van der Waals surface area (Å²) in [4.78, 5) is 12.1. The minimum atomic E-state index is 0.140. The molecule has 0 saturated heterocycles. The standard InChI is InChI=1S/C16H26N2O/c1-4-6-8-13(5-2)16(19)18-11-14-9-7-10-15(17)12(14)3/h7,9-10,13H,4-6,8,11,17H2,1-3H3,(H,18,19). The third-order valence-electron chi connectivity index (χ3n) is 3.71. The van der Waals surface area contributed by atoms with Crippen molar-refractivity contribution in [3.63, 3.8) is 0 Å². The van der Waals surface area contributed by atoms with Gasteiger partial charge in [-0.25, -0.2) is 0 Å². The average Bonchev–Trinajstić information content (AvgIpc) is 2.41. The molecule has 0 radical (unpaired) electrons. The lowest BCUT2D eigenvalue weighted by Crippen LogP contribution is -2.30. The second-order valence-corrected chi connectivity index (χ2v) is 5.10. The van der Waals surface area contributed by atoms with E-state index >= 15 is 0 Å². The van der Waals surface area contributed by atoms with Crippen molar-refractivity contribution in [3.05, 3.63) is 29.3 Å². The topological polar surface area (TPSA) is 55.1 Å². The molecule has 1 amide bonds. The quantitative estimate of drug-likeness (QED) is 0.740. The van der Waals surface area contributed by atoms with Crippen LogP contribution >= 0.6 is 0 Å². The number of hydrogen-bond acceptors (Lipinski definition) is 2. The second-order valence-electron chi connectivity index (χ2n) is 5.10. The molecule has 1 unspecified atom stereocenters. The molecule has 1 aromatic rings. The van der Waals surface area contributed by atoms with E-state index < -0.39 is 0 Å². The van der Waals surface area contributed by atoms with Crippen LogP contribution in [0.2, 0.25) is 0 Å². The molecule has 0 heterocycles. The number of carbonyl (C=O) groups is 1. The Hall–Kier alpha value is -1.51. The van der Waals surface area contributed by atoms with Crippen LogP contribution in [0.3, 0.4) is 0 Å². The molecule has 0 aliphatic carbocycles. The largest absolute Gasteiger partial charge is 0.399 e. The van der Waals surface area contributed by atoms with Crippen LogP contribution in [-0.2, 0) is 11.3 Å². The van der Waals surface area contributed by atoms with E-state index in [-0.39, 0.29) is 11.8 Å². The molecule has 106 valence electrons. The van der Waals surface area contributed by atoms with Gasteiger partial charge in [0.15, 0.2) is 0 Å². The first-order valence-electron chi connectivity index (χ1n) is 7.21. The molecule has 0 aliphatic heterocycles. The molecular weight excluding hydrogens is 236 g/mol. The maximum absolute atomic E-state index is 12.1. The number of amides is 1. The normalized spacial score (nSPS) is 12.2. The summed E-state index contributed by atoms with van der Waals surface area (Å²) in [5.41, 5.74) is 8.80. The number of nitrogens with two attached hydrogens (primary N) is 1. The minimum Gasteiger partial charge on any atom is -0.399 e. The van der Waals surface area contributed by atoms with E-state index in [0.29, 0.717) is 6.54 Å². The number of nitrogens with one attached hydrogen (secondary N) is 1. The number of carbonyl (C=O) groups excluding carboxylic acids is 1. The zero-order valence-corrected chi connectivity index (χ0v) is 12.3. The van der Waals surface area contributed by atoms with Gasteiger partial charge in [-0.15, -0.1) is 0 Å². The van der Waals surface area contributed by atoms with Crippen LogP contribution in [0.5, 0.6) is 0 Å². The number of benzene rings is 1. The fourth-order valence-corrected chi connectivity index (χ4v) is 2.19. The Morgan fingerprint density at radius 2 is 2.11 bits per heavy atom. The van der Waals surface area contributed by atoms with Crippen molar-refractivity contribution in [2.75, 3.05) is 5.73 Å². The maximum Gasteiger partial charge on any atom is 0.223 e. The van der Waals surface area contributed by atoms with Gasteiger partial charge in [-0.2, -0.15) is 0 Å². The van der Waals surface area contributed by atoms with Crippen molar-refractivity contribution >= 4 is 11.6 Å². The molecule has 1 aromatic carbocycles. The van der Waals surface area contributed by atoms with Crippen molar-refractivity contribution in [2.45, 2.75) is 53.0 Å². The van der Waals surface area contributed by atoms with Gasteiger partial charge in [0.05, 0.1) is 0 Å². The monoisotopic (exact) mass is 262 g/mol. The van der Waals surface area contributed by atoms with Crippen LogP contribution in [0, 0.1) is 12.8 Å². The fourth-order valence-electron chi connectivity index (χ4n) is 2.19. The van der Waals surface area contributed by atoms with E-state index in [1.54, 1.807) is 0 Å². The first-order chi connectivity index (χ1) is 9.10. The Labute approximate surface area is 116 Å². The van der Waals surface area contributed by atoms with E-state index in [1.807, 2.05) is 25.1 Å². The van der Waals surface area contributed by atoms with Crippen LogP contribution < -0.4 is 11.1 Å². The molecule has 0 aliphatic rings. The lowest BCUT2D eigenvalue weighted by molar-refractivity contribution is -0.125. The van der Waals surface area contributed by atoms with Gasteiger partial charge in [0.1, 0.15) is 0 Å². The zero-order valence-electron chi connectivity index (χ0n) is 12.3. The van der Waals surface area contributed by atoms with E-state index in [0.717, 1.165) is 42.5 Å². The van der Waals surface area contributed by atoms with Gasteiger partial charge in [0, 0.05) is 18.2 Å². The van der Waals surface area contributed by atoms with Gasteiger partial charge in [-0.1, -0.05) is 38.8 Å². The van der Waals surface area contributed by atoms with Crippen molar-refractivity contribution in [1.29, 1.82) is 0 Å². The van der Waals surface area contributed by atoms with Gasteiger partial charge in [0.2, 0.25) is 5.91 Å². The average molecular weight is 262 g/mol. The molecule has 1 atom stereocenters. The minimum absolute atomic E-state index is 0.140. The number of rotatable bonds is 7. The Morgan fingerprint density at radius 3 is 2.74 bits per heavy atom. The summed E-state index contributed by atoms with van der Waals surface area (Å²) in [6, 6.07) is 5.83. The molecule has 1 rings (SSSR count). The van der Waals surface area contributed by atoms with E-state index in [9.17, 15) is 4.79 Å². The highest BCUT2D eigenvalue weighted by Crippen LogP contribution is 2.16. The highest BCUT2D eigenvalue weighted by molar-refractivity contribution is 5.78. The maximum atomic E-state index is 12.1. The van der Waals surface area contributed by atoms with Crippen molar-refractivity contribution in [2.24, 2.45) is 5.92 Å². The summed E-state index contributed by atoms with van der Waals surface area (Å²) in [6.07, 6.45) is 4.14. The van der Waals surface area contributed by atoms with Gasteiger partial charge in [-0.05, 0) is 37.0 Å². The zero-order chi connectivity index (χ0) is 14.3. The Bertz CT molecular complexity index is 415. The van der Waals surface area contributed by atoms with Crippen molar-refractivity contribution in [3.8, 4) is 0 Å². The first kappa shape index (κ1) is 15.5.